The van der Waals surface area contributed by atoms with Crippen LogP contribution in [0.3, 0.4) is 0 Å². The van der Waals surface area contributed by atoms with E-state index >= 15 is 0 Å². The molecule has 1 aromatic rings. The number of nitrogens with two attached hydrogens (primary N) is 1. The van der Waals surface area contributed by atoms with Gasteiger partial charge in [0.05, 0.1) is 0 Å². The molecule has 0 aliphatic heterocycles. The van der Waals surface area contributed by atoms with Gasteiger partial charge in [0.1, 0.15) is 0 Å². The summed E-state index contributed by atoms with van der Waals surface area (Å²) in [5.41, 5.74) is 11.5. The first-order valence-corrected chi connectivity index (χ1v) is 6.33. The van der Waals surface area contributed by atoms with Crippen LogP contribution in [-0.2, 0) is 0 Å². The van der Waals surface area contributed by atoms with Crippen LogP contribution >= 0.6 is 0 Å². The third kappa shape index (κ3) is 3.30. The summed E-state index contributed by atoms with van der Waals surface area (Å²) in [4.78, 5) is 2.26. The molecule has 2 unspecified atom stereocenters. The Morgan fingerprint density at radius 2 is 1.71 bits per heavy atom. The van der Waals surface area contributed by atoms with Crippen molar-refractivity contribution in [3.05, 3.63) is 34.4 Å². The van der Waals surface area contributed by atoms with Gasteiger partial charge in [0.2, 0.25) is 0 Å². The van der Waals surface area contributed by atoms with Crippen molar-refractivity contribution in [1.29, 1.82) is 0 Å². The van der Waals surface area contributed by atoms with Crippen molar-refractivity contribution >= 4 is 0 Å². The molecule has 0 radical (unpaired) electrons. The number of nitrogens with zero attached hydrogens (tertiary/aromatic N) is 1. The van der Waals surface area contributed by atoms with Crippen molar-refractivity contribution in [3.8, 4) is 0 Å². The molecule has 0 amide bonds. The van der Waals surface area contributed by atoms with Gasteiger partial charge in [-0.25, -0.2) is 0 Å². The topological polar surface area (TPSA) is 29.3 Å². The van der Waals surface area contributed by atoms with Gasteiger partial charge in [0.25, 0.3) is 0 Å². The normalized spacial score (nSPS) is 15.1. The number of benzene rings is 1. The highest BCUT2D eigenvalue weighted by Gasteiger charge is 2.18. The van der Waals surface area contributed by atoms with Crippen LogP contribution in [0.4, 0.5) is 0 Å². The maximum atomic E-state index is 5.96. The highest BCUT2D eigenvalue weighted by Crippen LogP contribution is 2.28. The van der Waals surface area contributed by atoms with Gasteiger partial charge in [-0.1, -0.05) is 12.1 Å². The highest BCUT2D eigenvalue weighted by molar-refractivity contribution is 5.40. The molecule has 2 nitrogen and oxygen atoms in total. The summed E-state index contributed by atoms with van der Waals surface area (Å²) in [5.74, 6) is 0. The minimum absolute atomic E-state index is 0.225. The number of hydrogen-bond donors (Lipinski definition) is 1. The number of hydrogen-bond acceptors (Lipinski definition) is 2. The van der Waals surface area contributed by atoms with Crippen LogP contribution in [0.15, 0.2) is 12.1 Å². The molecule has 2 heteroatoms. The zero-order valence-electron chi connectivity index (χ0n) is 12.0. The monoisotopic (exact) mass is 234 g/mol. The van der Waals surface area contributed by atoms with Crippen LogP contribution in [-0.4, -0.2) is 25.0 Å². The zero-order chi connectivity index (χ0) is 13.2. The van der Waals surface area contributed by atoms with Crippen molar-refractivity contribution in [1.82, 2.24) is 4.90 Å². The van der Waals surface area contributed by atoms with E-state index in [9.17, 15) is 0 Å². The van der Waals surface area contributed by atoms with Crippen LogP contribution in [0.2, 0.25) is 0 Å². The van der Waals surface area contributed by atoms with Gasteiger partial charge in [0.15, 0.2) is 0 Å². The molecule has 0 aromatic heterocycles. The van der Waals surface area contributed by atoms with E-state index in [0.717, 1.165) is 6.42 Å². The SMILES string of the molecule is Cc1ccc(C(CC(C)N)N(C)C)c(C)c1C. The Balaban J connectivity index is 3.15. The predicted molar refractivity (Wildman–Crippen MR) is 75.3 cm³/mol. The van der Waals surface area contributed by atoms with E-state index in [0.29, 0.717) is 6.04 Å². The Morgan fingerprint density at radius 3 is 2.18 bits per heavy atom. The van der Waals surface area contributed by atoms with Gasteiger partial charge in [-0.15, -0.1) is 0 Å². The maximum absolute atomic E-state index is 5.96. The summed E-state index contributed by atoms with van der Waals surface area (Å²) in [6, 6.07) is 5.11. The Kier molecular flexibility index (Phi) is 4.72. The summed E-state index contributed by atoms with van der Waals surface area (Å²) in [5, 5.41) is 0. The second kappa shape index (κ2) is 5.65. The van der Waals surface area contributed by atoms with Crippen LogP contribution in [0.1, 0.15) is 41.6 Å². The first-order chi connectivity index (χ1) is 7.84. The molecule has 0 heterocycles. The minimum atomic E-state index is 0.225. The lowest BCUT2D eigenvalue weighted by Crippen LogP contribution is -2.28. The fraction of sp³-hybridized carbons (Fsp3) is 0.600. The first kappa shape index (κ1) is 14.2. The molecular formula is C15H26N2. The van der Waals surface area contributed by atoms with E-state index in [1.54, 1.807) is 0 Å². The lowest BCUT2D eigenvalue weighted by atomic mass is 9.91. The molecule has 0 aliphatic rings. The molecular weight excluding hydrogens is 208 g/mol. The van der Waals surface area contributed by atoms with Gasteiger partial charge in [-0.05, 0) is 70.5 Å². The van der Waals surface area contributed by atoms with Crippen molar-refractivity contribution in [2.75, 3.05) is 14.1 Å². The number of aryl methyl sites for hydroxylation is 1. The summed E-state index contributed by atoms with van der Waals surface area (Å²) >= 11 is 0. The molecule has 0 saturated heterocycles. The van der Waals surface area contributed by atoms with Crippen molar-refractivity contribution in [3.63, 3.8) is 0 Å². The summed E-state index contributed by atoms with van der Waals surface area (Å²) in [6.07, 6.45) is 0.996. The second-order valence-corrected chi connectivity index (χ2v) is 5.41. The summed E-state index contributed by atoms with van der Waals surface area (Å²) < 4.78 is 0. The third-order valence-corrected chi connectivity index (χ3v) is 3.68. The lowest BCUT2D eigenvalue weighted by molar-refractivity contribution is 0.271. The quantitative estimate of drug-likeness (QED) is 0.868. The largest absolute Gasteiger partial charge is 0.328 e. The Bertz CT molecular complexity index is 381. The van der Waals surface area contributed by atoms with Crippen molar-refractivity contribution in [2.24, 2.45) is 5.73 Å². The van der Waals surface area contributed by atoms with Gasteiger partial charge in [0, 0.05) is 12.1 Å². The summed E-state index contributed by atoms with van der Waals surface area (Å²) in [6.45, 7) is 8.66. The molecule has 0 aliphatic carbocycles. The molecule has 0 fully saturated rings. The van der Waals surface area contributed by atoms with Gasteiger partial charge in [-0.3, -0.25) is 0 Å². The van der Waals surface area contributed by atoms with Crippen molar-refractivity contribution < 1.29 is 0 Å². The van der Waals surface area contributed by atoms with Gasteiger partial charge < -0.3 is 10.6 Å². The van der Waals surface area contributed by atoms with Gasteiger partial charge in [-0.2, -0.15) is 0 Å². The summed E-state index contributed by atoms with van der Waals surface area (Å²) in [7, 11) is 4.25. The van der Waals surface area contributed by atoms with Crippen LogP contribution < -0.4 is 5.73 Å². The van der Waals surface area contributed by atoms with Crippen LogP contribution in [0, 0.1) is 20.8 Å². The molecule has 0 bridgehead atoms. The Morgan fingerprint density at radius 1 is 1.12 bits per heavy atom. The molecule has 0 saturated carbocycles. The average molecular weight is 234 g/mol. The molecule has 2 atom stereocenters. The number of rotatable bonds is 4. The first-order valence-electron chi connectivity index (χ1n) is 6.33. The molecule has 17 heavy (non-hydrogen) atoms. The fourth-order valence-electron chi connectivity index (χ4n) is 2.31. The average Bonchev–Trinajstić information content (AvgIpc) is 2.23. The maximum Gasteiger partial charge on any atom is 0.0359 e. The molecule has 96 valence electrons. The van der Waals surface area contributed by atoms with E-state index < -0.39 is 0 Å². The van der Waals surface area contributed by atoms with E-state index in [-0.39, 0.29) is 6.04 Å². The Hall–Kier alpha value is -0.860. The predicted octanol–water partition coefficient (Wildman–Crippen LogP) is 2.95. The van der Waals surface area contributed by atoms with E-state index in [4.69, 9.17) is 5.73 Å². The molecule has 1 aromatic carbocycles. The van der Waals surface area contributed by atoms with E-state index in [1.807, 2.05) is 0 Å². The third-order valence-electron chi connectivity index (χ3n) is 3.68. The second-order valence-electron chi connectivity index (χ2n) is 5.41. The van der Waals surface area contributed by atoms with Crippen molar-refractivity contribution in [2.45, 2.75) is 46.2 Å². The van der Waals surface area contributed by atoms with Gasteiger partial charge >= 0.3 is 0 Å². The lowest BCUT2D eigenvalue weighted by Gasteiger charge is -2.28. The minimum Gasteiger partial charge on any atom is -0.328 e. The highest BCUT2D eigenvalue weighted by atomic mass is 15.1. The van der Waals surface area contributed by atoms with E-state index in [2.05, 4.69) is 58.8 Å². The molecule has 1 rings (SSSR count). The smallest absolute Gasteiger partial charge is 0.0359 e. The van der Waals surface area contributed by atoms with Crippen LogP contribution in [0.25, 0.3) is 0 Å². The molecule has 0 spiro atoms. The standard InChI is InChI=1S/C15H26N2/c1-10-7-8-14(13(4)12(10)3)15(17(5)6)9-11(2)16/h7-8,11,15H,9,16H2,1-6H3. The Labute approximate surface area is 106 Å². The fourth-order valence-corrected chi connectivity index (χ4v) is 2.31. The zero-order valence-corrected chi connectivity index (χ0v) is 12.0. The van der Waals surface area contributed by atoms with E-state index in [1.165, 1.54) is 22.3 Å². The molecule has 2 N–H and O–H groups in total. The van der Waals surface area contributed by atoms with Crippen LogP contribution in [0.5, 0.6) is 0 Å².